The molecule has 16 heavy (non-hydrogen) atoms. The molecule has 1 atom stereocenters. The number of hydrogen-bond acceptors (Lipinski definition) is 6. The maximum absolute atomic E-state index is 11.8. The molecule has 2 bridgehead atoms. The summed E-state index contributed by atoms with van der Waals surface area (Å²) in [5, 5.41) is 0.473. The fourth-order valence-corrected chi connectivity index (χ4v) is 3.10. The van der Waals surface area contributed by atoms with Crippen LogP contribution in [0.4, 0.5) is 0 Å². The van der Waals surface area contributed by atoms with Crippen LogP contribution in [0.25, 0.3) is 11.0 Å². The second-order valence-corrected chi connectivity index (χ2v) is 4.84. The zero-order chi connectivity index (χ0) is 10.9. The summed E-state index contributed by atoms with van der Waals surface area (Å²) in [6.45, 7) is 0. The minimum absolute atomic E-state index is 0.149. The highest BCUT2D eigenvalue weighted by atomic mass is 31.2. The first-order chi connectivity index (χ1) is 7.66. The zero-order valence-electron chi connectivity index (χ0n) is 7.63. The Morgan fingerprint density at radius 3 is 2.75 bits per heavy atom. The van der Waals surface area contributed by atoms with Crippen molar-refractivity contribution in [2.24, 2.45) is 0 Å². The Kier molecular flexibility index (Phi) is 1.16. The molecule has 0 aliphatic carbocycles. The van der Waals surface area contributed by atoms with Crippen LogP contribution in [0.5, 0.6) is 17.2 Å². The molecule has 0 saturated heterocycles. The molecule has 0 saturated carbocycles. The van der Waals surface area contributed by atoms with Gasteiger partial charge >= 0.3 is 13.4 Å². The van der Waals surface area contributed by atoms with Crippen molar-refractivity contribution < 1.29 is 22.6 Å². The summed E-state index contributed by atoms with van der Waals surface area (Å²) in [5.41, 5.74) is -0.402. The predicted molar refractivity (Wildman–Crippen MR) is 52.0 cm³/mol. The van der Waals surface area contributed by atoms with Crippen LogP contribution in [0.15, 0.2) is 27.4 Å². The fraction of sp³-hybridized carbons (Fsp3) is 0. The summed E-state index contributed by atoms with van der Waals surface area (Å²) in [4.78, 5) is 11.5. The standard InChI is InChI=1S/C9H3O6P/c10-9-8-7-6-4(12-9)2-1-3-5(6)13-16(11,14-7)15-8/h1-3H. The molecule has 1 unspecified atom stereocenters. The van der Waals surface area contributed by atoms with E-state index in [1.807, 2.05) is 0 Å². The van der Waals surface area contributed by atoms with Crippen molar-refractivity contribution in [3.8, 4) is 17.2 Å². The minimum Gasteiger partial charge on any atom is -0.420 e. The van der Waals surface area contributed by atoms with E-state index in [1.165, 1.54) is 0 Å². The van der Waals surface area contributed by atoms with Gasteiger partial charge in [0.15, 0.2) is 5.75 Å². The smallest absolute Gasteiger partial charge is 0.420 e. The van der Waals surface area contributed by atoms with Crippen molar-refractivity contribution >= 4 is 18.8 Å². The average Bonchev–Trinajstić information content (AvgIpc) is 2.51. The molecule has 0 amide bonds. The van der Waals surface area contributed by atoms with Crippen molar-refractivity contribution in [2.75, 3.05) is 0 Å². The summed E-state index contributed by atoms with van der Waals surface area (Å²) in [5.74, 6) is 0.307. The van der Waals surface area contributed by atoms with Crippen LogP contribution >= 0.6 is 7.82 Å². The van der Waals surface area contributed by atoms with Crippen LogP contribution in [0, 0.1) is 0 Å². The van der Waals surface area contributed by atoms with Gasteiger partial charge in [-0.05, 0) is 12.1 Å². The molecule has 2 aliphatic heterocycles. The molecule has 3 heterocycles. The molecule has 4 rings (SSSR count). The van der Waals surface area contributed by atoms with Crippen molar-refractivity contribution in [1.29, 1.82) is 0 Å². The van der Waals surface area contributed by atoms with E-state index in [1.54, 1.807) is 18.2 Å². The molecule has 7 heteroatoms. The molecule has 80 valence electrons. The first kappa shape index (κ1) is 8.24. The highest BCUT2D eigenvalue weighted by molar-refractivity contribution is 7.50. The maximum atomic E-state index is 11.8. The van der Waals surface area contributed by atoms with Crippen molar-refractivity contribution in [2.45, 2.75) is 0 Å². The number of fused-ring (bicyclic) bond motifs is 1. The molecule has 1 aromatic carbocycles. The second kappa shape index (κ2) is 2.25. The van der Waals surface area contributed by atoms with Gasteiger partial charge in [-0.1, -0.05) is 6.07 Å². The van der Waals surface area contributed by atoms with E-state index in [2.05, 4.69) is 0 Å². The van der Waals surface area contributed by atoms with E-state index in [0.717, 1.165) is 0 Å². The van der Waals surface area contributed by atoms with Crippen molar-refractivity contribution in [1.82, 2.24) is 0 Å². The minimum atomic E-state index is -3.70. The molecule has 0 fully saturated rings. The van der Waals surface area contributed by atoms with Crippen LogP contribution in [-0.4, -0.2) is 0 Å². The third-order valence-electron chi connectivity index (χ3n) is 2.43. The Balaban J connectivity index is 2.33. The quantitative estimate of drug-likeness (QED) is 0.516. The van der Waals surface area contributed by atoms with E-state index in [9.17, 15) is 9.36 Å². The Labute approximate surface area is 88.0 Å². The number of benzene rings is 1. The molecular formula is C9H3O6P. The summed E-state index contributed by atoms with van der Waals surface area (Å²) in [6.07, 6.45) is 0. The lowest BCUT2D eigenvalue weighted by molar-refractivity contribution is 0.327. The van der Waals surface area contributed by atoms with Crippen molar-refractivity contribution in [3.63, 3.8) is 0 Å². The van der Waals surface area contributed by atoms with Crippen LogP contribution in [-0.2, 0) is 4.57 Å². The number of phosphoric acid groups is 1. The van der Waals surface area contributed by atoms with E-state index in [0.29, 0.717) is 16.7 Å². The number of phosphoric ester groups is 1. The first-order valence-electron chi connectivity index (χ1n) is 4.45. The van der Waals surface area contributed by atoms with Gasteiger partial charge < -0.3 is 18.0 Å². The molecule has 1 aromatic heterocycles. The monoisotopic (exact) mass is 238 g/mol. The van der Waals surface area contributed by atoms with Gasteiger partial charge in [-0.3, -0.25) is 0 Å². The third-order valence-corrected chi connectivity index (χ3v) is 3.66. The topological polar surface area (TPSA) is 75.0 Å². The average molecular weight is 238 g/mol. The van der Waals surface area contributed by atoms with Crippen LogP contribution < -0.4 is 19.2 Å². The first-order valence-corrected chi connectivity index (χ1v) is 5.91. The van der Waals surface area contributed by atoms with Gasteiger partial charge in [0.2, 0.25) is 0 Å². The molecule has 2 aliphatic rings. The summed E-state index contributed by atoms with van der Waals surface area (Å²) in [7, 11) is -3.70. The summed E-state index contributed by atoms with van der Waals surface area (Å²) >= 11 is 0. The molecular weight excluding hydrogens is 235 g/mol. The lowest BCUT2D eigenvalue weighted by atomic mass is 10.2. The molecule has 0 radical (unpaired) electrons. The van der Waals surface area contributed by atoms with Crippen molar-refractivity contribution in [3.05, 3.63) is 28.6 Å². The van der Waals surface area contributed by atoms with Gasteiger partial charge in [-0.25, -0.2) is 4.79 Å². The Bertz CT molecular complexity index is 745. The van der Waals surface area contributed by atoms with Gasteiger partial charge in [0, 0.05) is 0 Å². The number of hydrogen-bond donors (Lipinski definition) is 0. The highest BCUT2D eigenvalue weighted by Gasteiger charge is 2.48. The van der Waals surface area contributed by atoms with E-state index >= 15 is 0 Å². The lowest BCUT2D eigenvalue weighted by Crippen LogP contribution is -2.03. The normalized spacial score (nSPS) is 24.0. The fourth-order valence-electron chi connectivity index (χ4n) is 1.81. The highest BCUT2D eigenvalue weighted by Crippen LogP contribution is 2.64. The molecule has 6 nitrogen and oxygen atoms in total. The maximum Gasteiger partial charge on any atom is 0.647 e. The van der Waals surface area contributed by atoms with Gasteiger partial charge in [0.05, 0.1) is 0 Å². The largest absolute Gasteiger partial charge is 0.647 e. The van der Waals surface area contributed by atoms with Crippen LogP contribution in [0.1, 0.15) is 0 Å². The van der Waals surface area contributed by atoms with E-state index in [4.69, 9.17) is 18.0 Å². The third kappa shape index (κ3) is 0.796. The van der Waals surface area contributed by atoms with Gasteiger partial charge in [-0.15, -0.1) is 0 Å². The van der Waals surface area contributed by atoms with E-state index < -0.39 is 13.4 Å². The second-order valence-electron chi connectivity index (χ2n) is 3.40. The zero-order valence-corrected chi connectivity index (χ0v) is 8.52. The van der Waals surface area contributed by atoms with Crippen LogP contribution in [0.2, 0.25) is 0 Å². The Morgan fingerprint density at radius 2 is 1.88 bits per heavy atom. The van der Waals surface area contributed by atoms with E-state index in [-0.39, 0.29) is 11.5 Å². The van der Waals surface area contributed by atoms with Gasteiger partial charge in [-0.2, -0.15) is 4.57 Å². The Morgan fingerprint density at radius 1 is 1.06 bits per heavy atom. The van der Waals surface area contributed by atoms with Crippen LogP contribution in [0.3, 0.4) is 0 Å². The SMILES string of the molecule is O=c1oc2cccc3c2c2c1OP(=O)(O3)O2. The Hall–Kier alpha value is -1.94. The predicted octanol–water partition coefficient (Wildman–Crippen LogP) is 2.06. The summed E-state index contributed by atoms with van der Waals surface area (Å²) in [6, 6.07) is 4.84. The summed E-state index contributed by atoms with van der Waals surface area (Å²) < 4.78 is 31.8. The van der Waals surface area contributed by atoms with Gasteiger partial charge in [0.1, 0.15) is 16.7 Å². The molecule has 0 spiro atoms. The number of rotatable bonds is 0. The molecule has 0 N–H and O–H groups in total. The lowest BCUT2D eigenvalue weighted by Gasteiger charge is -2.15. The molecule has 2 aromatic rings. The van der Waals surface area contributed by atoms with Gasteiger partial charge in [0.25, 0.3) is 5.75 Å².